The van der Waals surface area contributed by atoms with E-state index < -0.39 is 33.8 Å². The molecule has 0 bridgehead atoms. The van der Waals surface area contributed by atoms with Crippen molar-refractivity contribution in [3.63, 3.8) is 0 Å². The Morgan fingerprint density at radius 3 is 0.897 bits per heavy atom. The third-order valence-electron chi connectivity index (χ3n) is 7.53. The van der Waals surface area contributed by atoms with Crippen LogP contribution in [0.1, 0.15) is 68.7 Å². The Morgan fingerprint density at radius 2 is 0.724 bits per heavy atom. The van der Waals surface area contributed by atoms with Crippen molar-refractivity contribution in [2.75, 3.05) is 5.88 Å². The van der Waals surface area contributed by atoms with Gasteiger partial charge in [0.1, 0.15) is 0 Å². The third-order valence-corrected chi connectivity index (χ3v) is 29.3. The van der Waals surface area contributed by atoms with Crippen LogP contribution in [0.25, 0.3) is 0 Å². The van der Waals surface area contributed by atoms with Gasteiger partial charge >= 0.3 is 8.80 Å². The average Bonchev–Trinajstić information content (AvgIpc) is 2.78. The summed E-state index contributed by atoms with van der Waals surface area (Å²) in [5, 5.41) is 0. The number of hydrogen-bond donors (Lipinski definition) is 0. The van der Waals surface area contributed by atoms with Gasteiger partial charge in [0.15, 0.2) is 25.0 Å². The molecular weight excluding hydrogens is 448 g/mol. The van der Waals surface area contributed by atoms with E-state index in [-0.39, 0.29) is 0 Å². The molecule has 176 valence electrons. The molecule has 0 fully saturated rings. The maximum absolute atomic E-state index is 7.34. The molecular formula is C21H51ClO3Si4. The van der Waals surface area contributed by atoms with Crippen molar-refractivity contribution < 1.29 is 12.3 Å². The zero-order valence-corrected chi connectivity index (χ0v) is 25.8. The molecule has 0 N–H and O–H groups in total. The first kappa shape index (κ1) is 30.0. The van der Waals surface area contributed by atoms with E-state index in [1.807, 2.05) is 0 Å². The van der Waals surface area contributed by atoms with Crippen LogP contribution in [0.15, 0.2) is 0 Å². The Balaban J connectivity index is 6.47. The topological polar surface area (TPSA) is 27.7 Å². The molecule has 0 saturated heterocycles. The number of alkyl halides is 1. The fraction of sp³-hybridized carbons (Fsp3) is 1.00. The Labute approximate surface area is 192 Å². The molecule has 0 saturated carbocycles. The van der Waals surface area contributed by atoms with Crippen LogP contribution in [-0.2, 0) is 12.3 Å². The van der Waals surface area contributed by atoms with E-state index in [4.69, 9.17) is 23.9 Å². The van der Waals surface area contributed by atoms with Crippen LogP contribution >= 0.6 is 11.6 Å². The van der Waals surface area contributed by atoms with Crippen LogP contribution in [-0.4, -0.2) is 39.6 Å². The molecule has 8 heteroatoms. The molecule has 0 atom stereocenters. The molecule has 0 aliphatic heterocycles. The molecule has 0 amide bonds. The molecule has 0 aliphatic rings. The summed E-state index contributed by atoms with van der Waals surface area (Å²) in [5.41, 5.74) is 0. The molecule has 0 radical (unpaired) electrons. The van der Waals surface area contributed by atoms with Crippen LogP contribution in [0.2, 0.25) is 60.4 Å². The second-order valence-electron chi connectivity index (χ2n) is 8.51. The minimum absolute atomic E-state index is 0.654. The lowest BCUT2D eigenvalue weighted by atomic mass is 10.6. The Hall–Kier alpha value is 1.04. The van der Waals surface area contributed by atoms with E-state index >= 15 is 0 Å². The SMILES string of the molecule is CC[Si](CC)(CC)O[Si](CCCCl)(O[Si](CC)(CC)CC)O[Si](CC)(CC)CC. The summed E-state index contributed by atoms with van der Waals surface area (Å²) in [5.74, 6) is 0.654. The van der Waals surface area contributed by atoms with Gasteiger partial charge in [0.2, 0.25) is 0 Å². The lowest BCUT2D eigenvalue weighted by molar-refractivity contribution is 0.238. The van der Waals surface area contributed by atoms with Crippen molar-refractivity contribution in [3.05, 3.63) is 0 Å². The zero-order valence-electron chi connectivity index (χ0n) is 21.1. The molecule has 0 spiro atoms. The fourth-order valence-electron chi connectivity index (χ4n) is 4.39. The second-order valence-corrected chi connectivity index (χ2v) is 26.7. The molecule has 3 nitrogen and oxygen atoms in total. The highest BCUT2D eigenvalue weighted by Gasteiger charge is 2.54. The van der Waals surface area contributed by atoms with Gasteiger partial charge in [-0.3, -0.25) is 0 Å². The lowest BCUT2D eigenvalue weighted by Crippen LogP contribution is -2.64. The summed E-state index contributed by atoms with van der Waals surface area (Å²) < 4.78 is 22.0. The first-order valence-corrected chi connectivity index (χ1v) is 22.4. The molecule has 0 aromatic carbocycles. The monoisotopic (exact) mass is 498 g/mol. The minimum atomic E-state index is -2.81. The predicted molar refractivity (Wildman–Crippen MR) is 141 cm³/mol. The second kappa shape index (κ2) is 14.2. The summed E-state index contributed by atoms with van der Waals surface area (Å²) in [4.78, 5) is 0. The Bertz CT molecular complexity index is 348. The van der Waals surface area contributed by atoms with Crippen LogP contribution in [0, 0.1) is 0 Å². The Morgan fingerprint density at radius 1 is 0.483 bits per heavy atom. The Kier molecular flexibility index (Phi) is 14.7. The lowest BCUT2D eigenvalue weighted by Gasteiger charge is -2.48. The van der Waals surface area contributed by atoms with Crippen molar-refractivity contribution in [1.82, 2.24) is 0 Å². The van der Waals surface area contributed by atoms with Crippen LogP contribution in [0.3, 0.4) is 0 Å². The van der Waals surface area contributed by atoms with Crippen molar-refractivity contribution >= 4 is 45.4 Å². The number of rotatable bonds is 18. The highest BCUT2D eigenvalue weighted by Crippen LogP contribution is 2.39. The van der Waals surface area contributed by atoms with E-state index in [2.05, 4.69) is 62.3 Å². The molecule has 0 aromatic rings. The first-order valence-electron chi connectivity index (χ1n) is 12.4. The highest BCUT2D eigenvalue weighted by atomic mass is 35.5. The summed E-state index contributed by atoms with van der Waals surface area (Å²) in [6.07, 6.45) is 0.929. The molecule has 0 rings (SSSR count). The van der Waals surface area contributed by atoms with Gasteiger partial charge in [-0.1, -0.05) is 62.3 Å². The van der Waals surface area contributed by atoms with E-state index in [0.717, 1.165) is 66.9 Å². The zero-order chi connectivity index (χ0) is 22.6. The summed E-state index contributed by atoms with van der Waals surface area (Å²) in [6, 6.07) is 11.1. The van der Waals surface area contributed by atoms with E-state index in [9.17, 15) is 0 Å². The maximum atomic E-state index is 7.34. The van der Waals surface area contributed by atoms with Gasteiger partial charge in [-0.05, 0) is 60.8 Å². The summed E-state index contributed by atoms with van der Waals surface area (Å²) >= 11 is 6.22. The highest BCUT2D eigenvalue weighted by molar-refractivity contribution is 6.92. The molecule has 0 aromatic heterocycles. The molecule has 0 aliphatic carbocycles. The first-order chi connectivity index (χ1) is 13.7. The third kappa shape index (κ3) is 8.15. The summed E-state index contributed by atoms with van der Waals surface area (Å²) in [7, 11) is -8.41. The van der Waals surface area contributed by atoms with Gasteiger partial charge in [-0.15, -0.1) is 11.6 Å². The van der Waals surface area contributed by atoms with Gasteiger partial charge in [0.25, 0.3) is 0 Å². The number of hydrogen-bond acceptors (Lipinski definition) is 3. The van der Waals surface area contributed by atoms with E-state index in [1.54, 1.807) is 0 Å². The van der Waals surface area contributed by atoms with E-state index in [0.29, 0.717) is 5.88 Å². The van der Waals surface area contributed by atoms with Crippen molar-refractivity contribution in [2.45, 2.75) is 129 Å². The van der Waals surface area contributed by atoms with Gasteiger partial charge in [-0.25, -0.2) is 0 Å². The minimum Gasteiger partial charge on any atom is -0.416 e. The standard InChI is InChI=1S/C21H51ClO3Si4/c1-10-26(11-2,12-3)23-29(21-19-20-22,24-27(13-4,14-5)15-6)25-28(16-7,17-8)18-9/h10-21H2,1-9H3. The van der Waals surface area contributed by atoms with Gasteiger partial charge in [0.05, 0.1) is 0 Å². The normalized spacial score (nSPS) is 13.9. The largest absolute Gasteiger partial charge is 0.469 e. The van der Waals surface area contributed by atoms with Crippen LogP contribution < -0.4 is 0 Å². The van der Waals surface area contributed by atoms with Gasteiger partial charge in [0, 0.05) is 11.9 Å². The molecule has 29 heavy (non-hydrogen) atoms. The van der Waals surface area contributed by atoms with Crippen LogP contribution in [0.5, 0.6) is 0 Å². The van der Waals surface area contributed by atoms with Gasteiger partial charge in [-0.2, -0.15) is 0 Å². The van der Waals surface area contributed by atoms with Crippen LogP contribution in [0.4, 0.5) is 0 Å². The number of halogens is 1. The maximum Gasteiger partial charge on any atom is 0.469 e. The van der Waals surface area contributed by atoms with E-state index in [1.165, 1.54) is 0 Å². The van der Waals surface area contributed by atoms with Crippen molar-refractivity contribution in [3.8, 4) is 0 Å². The van der Waals surface area contributed by atoms with Gasteiger partial charge < -0.3 is 12.3 Å². The smallest absolute Gasteiger partial charge is 0.416 e. The molecule has 0 unspecified atom stereocenters. The quantitative estimate of drug-likeness (QED) is 0.140. The van der Waals surface area contributed by atoms with Crippen molar-refractivity contribution in [2.24, 2.45) is 0 Å². The van der Waals surface area contributed by atoms with Crippen molar-refractivity contribution in [1.29, 1.82) is 0 Å². The predicted octanol–water partition coefficient (Wildman–Crippen LogP) is 8.62. The summed E-state index contributed by atoms with van der Waals surface area (Å²) in [6.45, 7) is 20.8. The average molecular weight is 499 g/mol. The fourth-order valence-corrected chi connectivity index (χ4v) is 25.8. The molecule has 0 heterocycles.